The van der Waals surface area contributed by atoms with Crippen LogP contribution in [0.4, 0.5) is 4.79 Å². The molecule has 0 aromatic heterocycles. The molecule has 1 heterocycles. The fourth-order valence-electron chi connectivity index (χ4n) is 4.75. The van der Waals surface area contributed by atoms with Gasteiger partial charge in [0.25, 0.3) is 0 Å². The highest BCUT2D eigenvalue weighted by atomic mass is 16.6. The number of hydrogen-bond donors (Lipinski definition) is 3. The van der Waals surface area contributed by atoms with Gasteiger partial charge in [0.1, 0.15) is 17.3 Å². The fourth-order valence-corrected chi connectivity index (χ4v) is 4.75. The molecule has 1 fully saturated rings. The first-order chi connectivity index (χ1) is 15.5. The Balaban J connectivity index is 2.29. The van der Waals surface area contributed by atoms with Gasteiger partial charge in [0.05, 0.1) is 18.2 Å². The lowest BCUT2D eigenvalue weighted by molar-refractivity contribution is -0.348. The molecule has 0 spiro atoms. The van der Waals surface area contributed by atoms with Gasteiger partial charge in [-0.2, -0.15) is 0 Å². The molecule has 6 nitrogen and oxygen atoms in total. The van der Waals surface area contributed by atoms with Gasteiger partial charge in [0.2, 0.25) is 0 Å². The van der Waals surface area contributed by atoms with Crippen molar-refractivity contribution in [3.63, 3.8) is 0 Å². The van der Waals surface area contributed by atoms with Crippen molar-refractivity contribution in [1.82, 2.24) is 5.32 Å². The van der Waals surface area contributed by atoms with E-state index in [4.69, 9.17) is 9.47 Å². The Bertz CT molecular complexity index is 545. The molecule has 3 atom stereocenters. The molecule has 0 aromatic rings. The largest absolute Gasteiger partial charge is 0.444 e. The number of alkyl carbamates (subject to hydrolysis) is 1. The van der Waals surface area contributed by atoms with Gasteiger partial charge >= 0.3 is 6.09 Å². The summed E-state index contributed by atoms with van der Waals surface area (Å²) in [6.07, 6.45) is 15.9. The van der Waals surface area contributed by atoms with Crippen LogP contribution >= 0.6 is 0 Å². The van der Waals surface area contributed by atoms with E-state index in [2.05, 4.69) is 12.2 Å². The van der Waals surface area contributed by atoms with Crippen LogP contribution in [0.25, 0.3) is 0 Å². The average molecular weight is 472 g/mol. The van der Waals surface area contributed by atoms with Gasteiger partial charge in [0.15, 0.2) is 0 Å². The van der Waals surface area contributed by atoms with Crippen LogP contribution in [0.15, 0.2) is 0 Å². The minimum Gasteiger partial charge on any atom is -0.444 e. The van der Waals surface area contributed by atoms with Gasteiger partial charge in [-0.25, -0.2) is 4.79 Å². The molecule has 1 rings (SSSR count). The summed E-state index contributed by atoms with van der Waals surface area (Å²) in [5, 5.41) is 23.9. The minimum atomic E-state index is -1.09. The van der Waals surface area contributed by atoms with Crippen LogP contribution in [0.5, 0.6) is 0 Å². The molecule has 0 saturated carbocycles. The average Bonchev–Trinajstić information content (AvgIpc) is 2.72. The molecule has 0 radical (unpaired) electrons. The number of hydrogen-bond acceptors (Lipinski definition) is 5. The second kappa shape index (κ2) is 14.5. The number of carbonyl (C=O) groups is 1. The topological polar surface area (TPSA) is 88.0 Å². The number of ether oxygens (including phenoxy) is 2. The highest BCUT2D eigenvalue weighted by Crippen LogP contribution is 2.47. The van der Waals surface area contributed by atoms with E-state index >= 15 is 0 Å². The monoisotopic (exact) mass is 471 g/mol. The summed E-state index contributed by atoms with van der Waals surface area (Å²) >= 11 is 0. The van der Waals surface area contributed by atoms with E-state index in [1.165, 1.54) is 70.6 Å². The molecule has 6 heteroatoms. The number of carbonyl (C=O) groups excluding carboxylic acids is 1. The van der Waals surface area contributed by atoms with E-state index in [1.807, 2.05) is 13.8 Å². The normalized spacial score (nSPS) is 23.1. The summed E-state index contributed by atoms with van der Waals surface area (Å²) < 4.78 is 11.2. The van der Waals surface area contributed by atoms with Crippen molar-refractivity contribution in [3.05, 3.63) is 0 Å². The van der Waals surface area contributed by atoms with Gasteiger partial charge < -0.3 is 25.0 Å². The van der Waals surface area contributed by atoms with E-state index in [0.717, 1.165) is 12.8 Å². The molecule has 1 saturated heterocycles. The number of unbranched alkanes of at least 4 members (excludes halogenated alkanes) is 12. The molecule has 1 aliphatic rings. The molecule has 196 valence electrons. The third-order valence-electron chi connectivity index (χ3n) is 6.86. The predicted octanol–water partition coefficient (Wildman–Crippen LogP) is 6.26. The van der Waals surface area contributed by atoms with E-state index in [-0.39, 0.29) is 6.61 Å². The van der Waals surface area contributed by atoms with Crippen LogP contribution in [0.1, 0.15) is 131 Å². The molecule has 1 amide bonds. The lowest BCUT2D eigenvalue weighted by Crippen LogP contribution is -2.77. The first-order valence-corrected chi connectivity index (χ1v) is 13.5. The van der Waals surface area contributed by atoms with Crippen LogP contribution in [-0.2, 0) is 9.47 Å². The smallest absolute Gasteiger partial charge is 0.408 e. The molecule has 1 unspecified atom stereocenters. The molecule has 0 bridgehead atoms. The SMILES string of the molecule is CCCCCCCCCCCCCCCC1(O)[C@H]([C@H](CO)NC(=O)OC(C)(C)C)OC1(C)C. The molecule has 0 aliphatic carbocycles. The van der Waals surface area contributed by atoms with Crippen LogP contribution in [0, 0.1) is 0 Å². The Kier molecular flexibility index (Phi) is 13.3. The van der Waals surface area contributed by atoms with E-state index < -0.39 is 35.0 Å². The second-order valence-corrected chi connectivity index (χ2v) is 11.4. The predicted molar refractivity (Wildman–Crippen MR) is 134 cm³/mol. The third kappa shape index (κ3) is 10.5. The van der Waals surface area contributed by atoms with E-state index in [0.29, 0.717) is 6.42 Å². The standard InChI is InChI=1S/C27H53NO5/c1-7-8-9-10-11-12-13-14-15-16-17-18-19-20-27(31)23(32-26(27,5)6)22(21-29)28-24(30)33-25(2,3)4/h22-23,29,31H,7-21H2,1-6H3,(H,28,30)/t22-,23-,27?/m0/s1. The molecular weight excluding hydrogens is 418 g/mol. The summed E-state index contributed by atoms with van der Waals surface area (Å²) in [5.41, 5.74) is -2.43. The maximum Gasteiger partial charge on any atom is 0.408 e. The molecule has 1 aliphatic heterocycles. The van der Waals surface area contributed by atoms with Gasteiger partial charge in [-0.1, -0.05) is 90.4 Å². The van der Waals surface area contributed by atoms with Crippen molar-refractivity contribution >= 4 is 6.09 Å². The van der Waals surface area contributed by atoms with E-state index in [9.17, 15) is 15.0 Å². The summed E-state index contributed by atoms with van der Waals surface area (Å²) in [6.45, 7) is 11.0. The zero-order valence-corrected chi connectivity index (χ0v) is 22.4. The Labute approximate surface area is 203 Å². The van der Waals surface area contributed by atoms with Gasteiger partial charge in [-0.3, -0.25) is 0 Å². The molecule has 33 heavy (non-hydrogen) atoms. The van der Waals surface area contributed by atoms with Crippen molar-refractivity contribution in [1.29, 1.82) is 0 Å². The Morgan fingerprint density at radius 3 is 1.79 bits per heavy atom. The van der Waals surface area contributed by atoms with Gasteiger partial charge in [0, 0.05) is 0 Å². The fraction of sp³-hybridized carbons (Fsp3) is 0.963. The quantitative estimate of drug-likeness (QED) is 0.218. The Morgan fingerprint density at radius 1 is 0.939 bits per heavy atom. The highest BCUT2D eigenvalue weighted by molar-refractivity contribution is 5.68. The number of nitrogens with one attached hydrogen (secondary N) is 1. The third-order valence-corrected chi connectivity index (χ3v) is 6.86. The Morgan fingerprint density at radius 2 is 1.39 bits per heavy atom. The maximum absolute atomic E-state index is 12.1. The molecular formula is C27H53NO5. The zero-order chi connectivity index (χ0) is 25.0. The number of aliphatic hydroxyl groups is 2. The number of rotatable bonds is 17. The lowest BCUT2D eigenvalue weighted by atomic mass is 9.69. The highest BCUT2D eigenvalue weighted by Gasteiger charge is 2.63. The van der Waals surface area contributed by atoms with Crippen molar-refractivity contribution in [2.75, 3.05) is 6.61 Å². The second-order valence-electron chi connectivity index (χ2n) is 11.4. The molecule has 3 N–H and O–H groups in total. The van der Waals surface area contributed by atoms with Gasteiger partial charge in [-0.15, -0.1) is 0 Å². The molecule has 0 aromatic carbocycles. The first kappa shape index (κ1) is 30.2. The summed E-state index contributed by atoms with van der Waals surface area (Å²) in [4.78, 5) is 12.1. The summed E-state index contributed by atoms with van der Waals surface area (Å²) in [5.74, 6) is 0. The minimum absolute atomic E-state index is 0.319. The lowest BCUT2D eigenvalue weighted by Gasteiger charge is -2.60. The van der Waals surface area contributed by atoms with Gasteiger partial charge in [-0.05, 0) is 41.0 Å². The first-order valence-electron chi connectivity index (χ1n) is 13.5. The maximum atomic E-state index is 12.1. The number of aliphatic hydroxyl groups excluding tert-OH is 1. The Hall–Kier alpha value is -0.850. The summed E-state index contributed by atoms with van der Waals surface area (Å²) in [6, 6.07) is -0.708. The van der Waals surface area contributed by atoms with Crippen LogP contribution < -0.4 is 5.32 Å². The summed E-state index contributed by atoms with van der Waals surface area (Å²) in [7, 11) is 0. The van der Waals surface area contributed by atoms with Crippen molar-refractivity contribution < 1.29 is 24.5 Å². The van der Waals surface area contributed by atoms with Crippen LogP contribution in [-0.4, -0.2) is 51.9 Å². The van der Waals surface area contributed by atoms with Crippen LogP contribution in [0.2, 0.25) is 0 Å². The van der Waals surface area contributed by atoms with Crippen molar-refractivity contribution in [2.24, 2.45) is 0 Å². The van der Waals surface area contributed by atoms with Crippen molar-refractivity contribution in [3.8, 4) is 0 Å². The zero-order valence-electron chi connectivity index (χ0n) is 22.4. The number of amides is 1. The van der Waals surface area contributed by atoms with Crippen LogP contribution in [0.3, 0.4) is 0 Å². The van der Waals surface area contributed by atoms with E-state index in [1.54, 1.807) is 20.8 Å². The van der Waals surface area contributed by atoms with Crippen molar-refractivity contribution in [2.45, 2.75) is 160 Å².